The fourth-order valence-corrected chi connectivity index (χ4v) is 4.19. The van der Waals surface area contributed by atoms with Gasteiger partial charge < -0.3 is 10.4 Å². The van der Waals surface area contributed by atoms with Gasteiger partial charge in [0.15, 0.2) is 0 Å². The van der Waals surface area contributed by atoms with Gasteiger partial charge in [0.2, 0.25) is 5.91 Å². The number of carboxylic acid groups (broad SMARTS) is 1. The number of aliphatic carboxylic acids is 1. The lowest BCUT2D eigenvalue weighted by atomic mass is 9.82. The summed E-state index contributed by atoms with van der Waals surface area (Å²) in [5, 5.41) is 13.1. The Morgan fingerprint density at radius 3 is 2.71 bits per heavy atom. The number of allylic oxidation sites excluding steroid dienone is 2. The topological polar surface area (TPSA) is 79.3 Å². The largest absolute Gasteiger partial charge is 0.481 e. The van der Waals surface area contributed by atoms with Crippen LogP contribution in [0.25, 0.3) is 0 Å². The molecule has 5 nitrogen and oxygen atoms in total. The van der Waals surface area contributed by atoms with Crippen LogP contribution in [0.1, 0.15) is 23.2 Å². The molecule has 2 bridgehead atoms. The van der Waals surface area contributed by atoms with Crippen LogP contribution in [0.4, 0.5) is 0 Å². The Balaban J connectivity index is 1.65. The van der Waals surface area contributed by atoms with Gasteiger partial charge in [0, 0.05) is 11.1 Å². The van der Waals surface area contributed by atoms with E-state index in [0.29, 0.717) is 6.54 Å². The number of nitrogens with one attached hydrogen (secondary N) is 1. The summed E-state index contributed by atoms with van der Waals surface area (Å²) in [6, 6.07) is 0. The van der Waals surface area contributed by atoms with E-state index >= 15 is 0 Å². The SMILES string of the molecule is CCc1cnc(CNC(=O)[C@H]2C3C=CC(C3)[C@H]2C(=O)O)s1. The van der Waals surface area contributed by atoms with Gasteiger partial charge in [-0.25, -0.2) is 4.98 Å². The van der Waals surface area contributed by atoms with Crippen molar-refractivity contribution in [3.8, 4) is 0 Å². The number of carboxylic acids is 1. The van der Waals surface area contributed by atoms with E-state index in [1.165, 1.54) is 4.88 Å². The molecule has 1 heterocycles. The second-order valence-corrected chi connectivity index (χ2v) is 6.83. The number of hydrogen-bond donors (Lipinski definition) is 2. The van der Waals surface area contributed by atoms with Crippen LogP contribution in [0.15, 0.2) is 18.3 Å². The summed E-state index contributed by atoms with van der Waals surface area (Å²) in [7, 11) is 0. The van der Waals surface area contributed by atoms with Crippen molar-refractivity contribution in [3.05, 3.63) is 28.2 Å². The second-order valence-electron chi connectivity index (χ2n) is 5.63. The van der Waals surface area contributed by atoms with E-state index in [-0.39, 0.29) is 17.7 Å². The normalized spacial score (nSPS) is 29.8. The number of rotatable bonds is 5. The van der Waals surface area contributed by atoms with E-state index in [4.69, 9.17) is 0 Å². The summed E-state index contributed by atoms with van der Waals surface area (Å²) in [4.78, 5) is 29.2. The highest BCUT2D eigenvalue weighted by Crippen LogP contribution is 2.48. The van der Waals surface area contributed by atoms with Crippen LogP contribution in [-0.2, 0) is 22.6 Å². The molecule has 1 saturated carbocycles. The summed E-state index contributed by atoms with van der Waals surface area (Å²) in [6.07, 6.45) is 7.48. The third-order valence-electron chi connectivity index (χ3n) is 4.41. The van der Waals surface area contributed by atoms with E-state index in [9.17, 15) is 14.7 Å². The molecule has 1 aromatic rings. The molecule has 1 aromatic heterocycles. The minimum absolute atomic E-state index is 0.00908. The monoisotopic (exact) mass is 306 g/mol. The zero-order valence-electron chi connectivity index (χ0n) is 11.8. The van der Waals surface area contributed by atoms with Gasteiger partial charge in [0.25, 0.3) is 0 Å². The summed E-state index contributed by atoms with van der Waals surface area (Å²) in [5.74, 6) is -1.97. The molecule has 4 atom stereocenters. The zero-order valence-corrected chi connectivity index (χ0v) is 12.6. The number of carbonyl (C=O) groups excluding carboxylic acids is 1. The maximum Gasteiger partial charge on any atom is 0.307 e. The first-order chi connectivity index (χ1) is 10.1. The molecule has 0 radical (unpaired) electrons. The van der Waals surface area contributed by atoms with Gasteiger partial charge in [-0.15, -0.1) is 11.3 Å². The van der Waals surface area contributed by atoms with Crippen LogP contribution in [0.5, 0.6) is 0 Å². The standard InChI is InChI=1S/C15H18N2O3S/c1-2-10-6-16-11(21-10)7-17-14(18)12-8-3-4-9(5-8)13(12)15(19)20/h3-4,6,8-9,12-13H,2,5,7H2,1H3,(H,17,18)(H,19,20)/t8?,9?,12-,13+/m0/s1. The van der Waals surface area contributed by atoms with Gasteiger partial charge in [-0.05, 0) is 24.7 Å². The number of aryl methyl sites for hydroxylation is 1. The van der Waals surface area contributed by atoms with Gasteiger partial charge in [-0.1, -0.05) is 19.1 Å². The van der Waals surface area contributed by atoms with E-state index in [0.717, 1.165) is 17.8 Å². The van der Waals surface area contributed by atoms with Crippen molar-refractivity contribution in [3.63, 3.8) is 0 Å². The first-order valence-corrected chi connectivity index (χ1v) is 8.04. The molecular weight excluding hydrogens is 288 g/mol. The highest BCUT2D eigenvalue weighted by molar-refractivity contribution is 7.11. The Kier molecular flexibility index (Phi) is 3.80. The quantitative estimate of drug-likeness (QED) is 0.814. The van der Waals surface area contributed by atoms with Gasteiger partial charge in [0.1, 0.15) is 5.01 Å². The molecule has 2 unspecified atom stereocenters. The number of amides is 1. The van der Waals surface area contributed by atoms with Crippen molar-refractivity contribution in [2.45, 2.75) is 26.3 Å². The van der Waals surface area contributed by atoms with Gasteiger partial charge in [-0.2, -0.15) is 0 Å². The lowest BCUT2D eigenvalue weighted by molar-refractivity contribution is -0.147. The number of hydrogen-bond acceptors (Lipinski definition) is 4. The highest BCUT2D eigenvalue weighted by atomic mass is 32.1. The van der Waals surface area contributed by atoms with E-state index < -0.39 is 17.8 Å². The number of nitrogens with zero attached hydrogens (tertiary/aromatic N) is 1. The van der Waals surface area contributed by atoms with Crippen LogP contribution < -0.4 is 5.32 Å². The Hall–Kier alpha value is -1.69. The van der Waals surface area contributed by atoms with Gasteiger partial charge in [-0.3, -0.25) is 9.59 Å². The fourth-order valence-electron chi connectivity index (χ4n) is 3.39. The Bertz CT molecular complexity index is 595. The average Bonchev–Trinajstić information content (AvgIpc) is 3.18. The van der Waals surface area contributed by atoms with Crippen molar-refractivity contribution < 1.29 is 14.7 Å². The highest BCUT2D eigenvalue weighted by Gasteiger charge is 2.51. The maximum absolute atomic E-state index is 12.4. The molecular formula is C15H18N2O3S. The summed E-state index contributed by atoms with van der Waals surface area (Å²) >= 11 is 1.58. The minimum Gasteiger partial charge on any atom is -0.481 e. The fraction of sp³-hybridized carbons (Fsp3) is 0.533. The lowest BCUT2D eigenvalue weighted by Crippen LogP contribution is -2.39. The molecule has 0 aliphatic heterocycles. The van der Waals surface area contributed by atoms with Crippen LogP contribution in [0, 0.1) is 23.7 Å². The third-order valence-corrected chi connectivity index (χ3v) is 5.55. The summed E-state index contributed by atoms with van der Waals surface area (Å²) < 4.78 is 0. The molecule has 2 N–H and O–H groups in total. The molecule has 1 fully saturated rings. The summed E-state index contributed by atoms with van der Waals surface area (Å²) in [6.45, 7) is 2.45. The van der Waals surface area contributed by atoms with Crippen molar-refractivity contribution in [1.82, 2.24) is 10.3 Å². The molecule has 0 aromatic carbocycles. The molecule has 112 valence electrons. The van der Waals surface area contributed by atoms with Crippen LogP contribution in [0.3, 0.4) is 0 Å². The van der Waals surface area contributed by atoms with Crippen LogP contribution in [0.2, 0.25) is 0 Å². The lowest BCUT2D eigenvalue weighted by Gasteiger charge is -2.23. The predicted octanol–water partition coefficient (Wildman–Crippen LogP) is 1.84. The first kappa shape index (κ1) is 14.3. The Labute approximate surface area is 127 Å². The third kappa shape index (κ3) is 2.60. The van der Waals surface area contributed by atoms with E-state index in [1.54, 1.807) is 11.3 Å². The number of fused-ring (bicyclic) bond motifs is 2. The molecule has 0 spiro atoms. The zero-order chi connectivity index (χ0) is 15.0. The molecule has 1 amide bonds. The second kappa shape index (κ2) is 5.60. The molecule has 2 aliphatic carbocycles. The maximum atomic E-state index is 12.4. The molecule has 0 saturated heterocycles. The number of carbonyl (C=O) groups is 2. The number of thiazole rings is 1. The summed E-state index contributed by atoms with van der Waals surface area (Å²) in [5.41, 5.74) is 0. The van der Waals surface area contributed by atoms with Crippen molar-refractivity contribution in [2.75, 3.05) is 0 Å². The van der Waals surface area contributed by atoms with Crippen LogP contribution in [-0.4, -0.2) is 22.0 Å². The van der Waals surface area contributed by atoms with Crippen molar-refractivity contribution in [2.24, 2.45) is 23.7 Å². The molecule has 2 aliphatic rings. The first-order valence-electron chi connectivity index (χ1n) is 7.22. The van der Waals surface area contributed by atoms with Gasteiger partial charge >= 0.3 is 5.97 Å². The molecule has 21 heavy (non-hydrogen) atoms. The average molecular weight is 306 g/mol. The predicted molar refractivity (Wildman–Crippen MR) is 78.7 cm³/mol. The van der Waals surface area contributed by atoms with Crippen molar-refractivity contribution >= 4 is 23.2 Å². The van der Waals surface area contributed by atoms with Crippen molar-refractivity contribution in [1.29, 1.82) is 0 Å². The van der Waals surface area contributed by atoms with Crippen LogP contribution >= 0.6 is 11.3 Å². The van der Waals surface area contributed by atoms with E-state index in [2.05, 4.69) is 17.2 Å². The molecule has 6 heteroatoms. The minimum atomic E-state index is -0.866. The van der Waals surface area contributed by atoms with E-state index in [1.807, 2.05) is 18.3 Å². The smallest absolute Gasteiger partial charge is 0.307 e. The Morgan fingerprint density at radius 2 is 2.10 bits per heavy atom. The number of aromatic nitrogens is 1. The molecule has 3 rings (SSSR count). The Morgan fingerprint density at radius 1 is 1.38 bits per heavy atom. The van der Waals surface area contributed by atoms with Gasteiger partial charge in [0.05, 0.1) is 18.4 Å².